The molecule has 6 heteroatoms. The monoisotopic (exact) mass is 396 g/mol. The van der Waals surface area contributed by atoms with Crippen LogP contribution in [0.2, 0.25) is 5.02 Å². The molecule has 0 bridgehead atoms. The van der Waals surface area contributed by atoms with Crippen molar-refractivity contribution >= 4 is 23.4 Å². The molecule has 1 heterocycles. The lowest BCUT2D eigenvalue weighted by molar-refractivity contribution is 0.197. The Morgan fingerprint density at radius 2 is 1.71 bits per heavy atom. The lowest BCUT2D eigenvalue weighted by atomic mass is 10.1. The predicted molar refractivity (Wildman–Crippen MR) is 116 cm³/mol. The highest BCUT2D eigenvalue weighted by Crippen LogP contribution is 2.21. The number of nitrogens with one attached hydrogen (secondary N) is 2. The van der Waals surface area contributed by atoms with E-state index in [2.05, 4.69) is 32.7 Å². The van der Waals surface area contributed by atoms with E-state index in [0.717, 1.165) is 48.0 Å². The Morgan fingerprint density at radius 3 is 2.46 bits per heavy atom. The summed E-state index contributed by atoms with van der Waals surface area (Å²) >= 11 is 5.95. The van der Waals surface area contributed by atoms with Crippen molar-refractivity contribution in [1.82, 2.24) is 9.97 Å². The lowest BCUT2D eigenvalue weighted by Gasteiger charge is -2.11. The maximum Gasteiger partial charge on any atom is 0.225 e. The number of aromatic nitrogens is 2. The molecule has 2 aromatic carbocycles. The van der Waals surface area contributed by atoms with Gasteiger partial charge in [-0.15, -0.1) is 0 Å². The zero-order valence-corrected chi connectivity index (χ0v) is 16.7. The van der Waals surface area contributed by atoms with Gasteiger partial charge in [-0.25, -0.2) is 4.98 Å². The number of hydrogen-bond acceptors (Lipinski definition) is 5. The van der Waals surface area contributed by atoms with E-state index in [-0.39, 0.29) is 0 Å². The second kappa shape index (κ2) is 10.6. The summed E-state index contributed by atoms with van der Waals surface area (Å²) in [4.78, 5) is 9.27. The van der Waals surface area contributed by atoms with Gasteiger partial charge in [0.1, 0.15) is 5.82 Å². The van der Waals surface area contributed by atoms with Gasteiger partial charge in [-0.05, 0) is 30.5 Å². The van der Waals surface area contributed by atoms with Crippen LogP contribution in [0.5, 0.6) is 0 Å². The summed E-state index contributed by atoms with van der Waals surface area (Å²) in [5.74, 6) is 1.42. The van der Waals surface area contributed by atoms with Gasteiger partial charge in [-0.1, -0.05) is 54.1 Å². The third-order valence-electron chi connectivity index (χ3n) is 4.24. The Hall–Kier alpha value is -2.63. The van der Waals surface area contributed by atoms with Gasteiger partial charge in [0.05, 0.1) is 5.69 Å². The second-order valence-corrected chi connectivity index (χ2v) is 6.84. The van der Waals surface area contributed by atoms with Crippen LogP contribution in [-0.2, 0) is 11.2 Å². The minimum absolute atomic E-state index is 0.617. The SMILES string of the molecule is COCCCNc1nc(NCCc2ccc(Cl)cc2)cc(-c2ccccc2)n1. The van der Waals surface area contributed by atoms with Crippen molar-refractivity contribution in [2.24, 2.45) is 0 Å². The van der Waals surface area contributed by atoms with Crippen molar-refractivity contribution in [3.05, 3.63) is 71.2 Å². The molecule has 2 N–H and O–H groups in total. The van der Waals surface area contributed by atoms with Gasteiger partial charge < -0.3 is 15.4 Å². The summed E-state index contributed by atoms with van der Waals surface area (Å²) in [6.45, 7) is 2.24. The molecule has 3 rings (SSSR count). The van der Waals surface area contributed by atoms with Gasteiger partial charge in [0, 0.05) is 43.5 Å². The molecule has 0 unspecified atom stereocenters. The minimum Gasteiger partial charge on any atom is -0.385 e. The summed E-state index contributed by atoms with van der Waals surface area (Å²) in [5, 5.41) is 7.45. The number of ether oxygens (including phenoxy) is 1. The lowest BCUT2D eigenvalue weighted by Crippen LogP contribution is -2.11. The van der Waals surface area contributed by atoms with E-state index in [9.17, 15) is 0 Å². The Kier molecular flexibility index (Phi) is 7.64. The van der Waals surface area contributed by atoms with Crippen molar-refractivity contribution in [1.29, 1.82) is 0 Å². The van der Waals surface area contributed by atoms with Crippen LogP contribution in [0.25, 0.3) is 11.3 Å². The smallest absolute Gasteiger partial charge is 0.225 e. The molecule has 0 aliphatic heterocycles. The Morgan fingerprint density at radius 1 is 0.929 bits per heavy atom. The molecule has 0 saturated heterocycles. The Labute approximate surface area is 171 Å². The number of anilines is 2. The van der Waals surface area contributed by atoms with E-state index in [1.54, 1.807) is 7.11 Å². The van der Waals surface area contributed by atoms with E-state index in [0.29, 0.717) is 12.6 Å². The molecule has 0 radical (unpaired) electrons. The van der Waals surface area contributed by atoms with Crippen molar-refractivity contribution in [2.45, 2.75) is 12.8 Å². The number of nitrogens with zero attached hydrogens (tertiary/aromatic N) is 2. The van der Waals surface area contributed by atoms with Crippen molar-refractivity contribution in [3.63, 3.8) is 0 Å². The van der Waals surface area contributed by atoms with E-state index >= 15 is 0 Å². The van der Waals surface area contributed by atoms with Gasteiger partial charge in [0.25, 0.3) is 0 Å². The molecule has 1 aromatic heterocycles. The average Bonchev–Trinajstić information content (AvgIpc) is 2.73. The summed E-state index contributed by atoms with van der Waals surface area (Å²) in [6.07, 6.45) is 1.78. The maximum atomic E-state index is 5.95. The standard InChI is InChI=1S/C22H25ClN4O/c1-28-15-5-13-25-22-26-20(18-6-3-2-4-7-18)16-21(27-22)24-14-12-17-8-10-19(23)11-9-17/h2-4,6-11,16H,5,12-15H2,1H3,(H2,24,25,26,27). The fourth-order valence-corrected chi connectivity index (χ4v) is 2.90. The van der Waals surface area contributed by atoms with Crippen LogP contribution in [-0.4, -0.2) is 36.8 Å². The summed E-state index contributed by atoms with van der Waals surface area (Å²) in [5.41, 5.74) is 3.18. The number of halogens is 1. The van der Waals surface area contributed by atoms with E-state index in [1.165, 1.54) is 5.56 Å². The fourth-order valence-electron chi connectivity index (χ4n) is 2.78. The van der Waals surface area contributed by atoms with Crippen LogP contribution >= 0.6 is 11.6 Å². The van der Waals surface area contributed by atoms with E-state index < -0.39 is 0 Å². The topological polar surface area (TPSA) is 59.1 Å². The van der Waals surface area contributed by atoms with Crippen LogP contribution in [0.15, 0.2) is 60.7 Å². The van der Waals surface area contributed by atoms with Crippen LogP contribution in [0.1, 0.15) is 12.0 Å². The molecule has 28 heavy (non-hydrogen) atoms. The van der Waals surface area contributed by atoms with Crippen molar-refractivity contribution < 1.29 is 4.74 Å². The molecule has 0 aliphatic carbocycles. The highest BCUT2D eigenvalue weighted by atomic mass is 35.5. The van der Waals surface area contributed by atoms with Gasteiger partial charge in [0.2, 0.25) is 5.95 Å². The molecular weight excluding hydrogens is 372 g/mol. The molecule has 0 saturated carbocycles. The zero-order chi connectivity index (χ0) is 19.6. The molecule has 0 spiro atoms. The van der Waals surface area contributed by atoms with Gasteiger partial charge in [0.15, 0.2) is 0 Å². The van der Waals surface area contributed by atoms with Crippen LogP contribution in [0.4, 0.5) is 11.8 Å². The molecule has 0 aliphatic rings. The van der Waals surface area contributed by atoms with Crippen molar-refractivity contribution in [2.75, 3.05) is 37.4 Å². The first kappa shape index (κ1) is 20.1. The van der Waals surface area contributed by atoms with E-state index in [4.69, 9.17) is 16.3 Å². The summed E-state index contributed by atoms with van der Waals surface area (Å²) in [6, 6.07) is 20.0. The van der Waals surface area contributed by atoms with Gasteiger partial charge >= 0.3 is 0 Å². The normalized spacial score (nSPS) is 10.6. The van der Waals surface area contributed by atoms with Crippen LogP contribution in [0.3, 0.4) is 0 Å². The van der Waals surface area contributed by atoms with Crippen LogP contribution in [0, 0.1) is 0 Å². The third kappa shape index (κ3) is 6.22. The van der Waals surface area contributed by atoms with E-state index in [1.807, 2.05) is 48.5 Å². The molecule has 146 valence electrons. The third-order valence-corrected chi connectivity index (χ3v) is 4.49. The second-order valence-electron chi connectivity index (χ2n) is 6.40. The maximum absolute atomic E-state index is 5.95. The summed E-state index contributed by atoms with van der Waals surface area (Å²) < 4.78 is 5.10. The fraction of sp³-hybridized carbons (Fsp3) is 0.273. The Balaban J connectivity index is 1.69. The van der Waals surface area contributed by atoms with Crippen LogP contribution < -0.4 is 10.6 Å². The predicted octanol–water partition coefficient (Wildman–Crippen LogP) is 4.90. The first-order valence-corrected chi connectivity index (χ1v) is 9.78. The molecule has 0 amide bonds. The number of hydrogen-bond donors (Lipinski definition) is 2. The highest BCUT2D eigenvalue weighted by molar-refractivity contribution is 6.30. The highest BCUT2D eigenvalue weighted by Gasteiger charge is 2.07. The molecule has 0 atom stereocenters. The first-order valence-electron chi connectivity index (χ1n) is 9.40. The number of rotatable bonds is 10. The minimum atomic E-state index is 0.617. The average molecular weight is 397 g/mol. The summed E-state index contributed by atoms with van der Waals surface area (Å²) in [7, 11) is 1.70. The molecule has 3 aromatic rings. The van der Waals surface area contributed by atoms with Crippen molar-refractivity contribution in [3.8, 4) is 11.3 Å². The van der Waals surface area contributed by atoms with Gasteiger partial charge in [-0.3, -0.25) is 0 Å². The largest absolute Gasteiger partial charge is 0.385 e. The molecule has 5 nitrogen and oxygen atoms in total. The molecular formula is C22H25ClN4O. The zero-order valence-electron chi connectivity index (χ0n) is 16.0. The number of benzene rings is 2. The quantitative estimate of drug-likeness (QED) is 0.477. The molecule has 0 fully saturated rings. The first-order chi connectivity index (χ1) is 13.7. The van der Waals surface area contributed by atoms with Gasteiger partial charge in [-0.2, -0.15) is 4.98 Å². The Bertz CT molecular complexity index is 856. The number of methoxy groups -OCH3 is 1.